The largest absolute Gasteiger partial charge is 0.455 e. The predicted molar refractivity (Wildman–Crippen MR) is 234 cm³/mol. The Balaban J connectivity index is 1.53. The summed E-state index contributed by atoms with van der Waals surface area (Å²) in [5.41, 5.74) is 1.44. The van der Waals surface area contributed by atoms with Crippen molar-refractivity contribution in [3.8, 4) is 12.3 Å². The van der Waals surface area contributed by atoms with Gasteiger partial charge in [0.15, 0.2) is 0 Å². The fraction of sp³-hybridized carbons (Fsp3) is 0.163. The Morgan fingerprint density at radius 3 is 1.36 bits per heavy atom. The Bertz CT molecular complexity index is 2160. The Morgan fingerprint density at radius 1 is 0.661 bits per heavy atom. The number of thioether (sulfide) groups is 1. The van der Waals surface area contributed by atoms with E-state index in [-0.39, 0.29) is 5.91 Å². The Hall–Kier alpha value is -5.57. The molecule has 0 radical (unpaired) electrons. The van der Waals surface area contributed by atoms with Crippen LogP contribution in [0.1, 0.15) is 37.5 Å². The SMILES string of the molecule is C#CCSC1C(NC(c2ccccc2)(c2ccccc2)c2ccccc2)C(=O)N1C(C(=O)OC(C)(C)C)=P(c1ccccc1)(c1ccccc1)c1ccccc1. The van der Waals surface area contributed by atoms with Crippen molar-refractivity contribution >= 4 is 51.9 Å². The van der Waals surface area contributed by atoms with E-state index in [0.29, 0.717) is 11.2 Å². The van der Waals surface area contributed by atoms with E-state index in [0.717, 1.165) is 32.6 Å². The van der Waals surface area contributed by atoms with Gasteiger partial charge in [0, 0.05) is 6.89 Å². The third-order valence-corrected chi connectivity index (χ3v) is 15.3. The third-order valence-electron chi connectivity index (χ3n) is 9.93. The smallest absolute Gasteiger partial charge is 0.356 e. The number of rotatable bonds is 12. The highest BCUT2D eigenvalue weighted by Crippen LogP contribution is 2.50. The van der Waals surface area contributed by atoms with Crippen LogP contribution in [-0.4, -0.2) is 45.0 Å². The number of carbonyl (C=O) groups excluding carboxylic acids is 2. The molecule has 6 aromatic carbocycles. The van der Waals surface area contributed by atoms with Crippen LogP contribution in [0.4, 0.5) is 0 Å². The lowest BCUT2D eigenvalue weighted by Gasteiger charge is -2.52. The summed E-state index contributed by atoms with van der Waals surface area (Å²) in [6.45, 7) is 2.44. The van der Waals surface area contributed by atoms with Crippen molar-refractivity contribution in [2.75, 3.05) is 5.75 Å². The lowest BCUT2D eigenvalue weighted by Crippen LogP contribution is -2.74. The molecule has 7 rings (SSSR count). The molecule has 1 fully saturated rings. The molecule has 2 unspecified atom stereocenters. The van der Waals surface area contributed by atoms with Gasteiger partial charge in [-0.15, -0.1) is 18.2 Å². The van der Waals surface area contributed by atoms with Gasteiger partial charge in [0.05, 0.1) is 11.3 Å². The van der Waals surface area contributed by atoms with Crippen LogP contribution in [0.25, 0.3) is 0 Å². The maximum atomic E-state index is 15.5. The predicted octanol–water partition coefficient (Wildman–Crippen LogP) is 7.94. The Kier molecular flexibility index (Phi) is 11.5. The standard InChI is InChI=1S/C49H45N2O3PS/c1-5-36-56-46-43(50-49(37-24-12-6-13-25-37,38-26-14-7-15-27-38)39-28-16-8-17-29-39)44(52)51(46)45(47(53)54-48(2,3)4)55(40-30-18-9-19-31-40,41-32-20-10-21-33-41)42-34-22-11-23-35-42/h1,6-35,43,46,50H,36H2,2-4H3. The van der Waals surface area contributed by atoms with Crippen LogP contribution in [0.5, 0.6) is 0 Å². The highest BCUT2D eigenvalue weighted by atomic mass is 32.2. The molecule has 280 valence electrons. The van der Waals surface area contributed by atoms with Gasteiger partial charge in [-0.2, -0.15) is 0 Å². The number of ether oxygens (including phenoxy) is 1. The number of nitrogens with one attached hydrogen (secondary N) is 1. The third kappa shape index (κ3) is 7.27. The number of amides is 1. The molecule has 7 heteroatoms. The second kappa shape index (κ2) is 16.7. The fourth-order valence-electron chi connectivity index (χ4n) is 7.66. The van der Waals surface area contributed by atoms with Crippen molar-refractivity contribution in [2.24, 2.45) is 0 Å². The molecule has 1 aliphatic rings. The van der Waals surface area contributed by atoms with E-state index in [1.807, 2.05) is 130 Å². The van der Waals surface area contributed by atoms with Gasteiger partial charge in [0.1, 0.15) is 22.4 Å². The first-order valence-corrected chi connectivity index (χ1v) is 21.5. The number of β-lactam (4-membered cyclic amide) rings is 1. The van der Waals surface area contributed by atoms with E-state index in [1.54, 1.807) is 4.90 Å². The first-order valence-electron chi connectivity index (χ1n) is 18.7. The summed E-state index contributed by atoms with van der Waals surface area (Å²) in [5, 5.41) is 6.14. The topological polar surface area (TPSA) is 58.6 Å². The van der Waals surface area contributed by atoms with Crippen LogP contribution >= 0.6 is 18.6 Å². The van der Waals surface area contributed by atoms with E-state index >= 15 is 9.59 Å². The molecular formula is C49H45N2O3PS. The molecule has 2 atom stereocenters. The van der Waals surface area contributed by atoms with E-state index in [2.05, 4.69) is 84.0 Å². The van der Waals surface area contributed by atoms with Crippen molar-refractivity contribution in [1.29, 1.82) is 0 Å². The van der Waals surface area contributed by atoms with Gasteiger partial charge in [-0.05, 0) is 53.4 Å². The lowest BCUT2D eigenvalue weighted by molar-refractivity contribution is -0.151. The number of esters is 1. The van der Waals surface area contributed by atoms with Crippen LogP contribution in [0, 0.1) is 12.3 Å². The number of benzene rings is 6. The molecule has 0 bridgehead atoms. The number of hydrogen-bond acceptors (Lipinski definition) is 5. The molecular weight excluding hydrogens is 728 g/mol. The monoisotopic (exact) mass is 772 g/mol. The first kappa shape index (κ1) is 38.7. The van der Waals surface area contributed by atoms with Gasteiger partial charge in [0.2, 0.25) is 5.91 Å². The zero-order chi connectivity index (χ0) is 39.2. The summed E-state index contributed by atoms with van der Waals surface area (Å²) in [6, 6.07) is 60.1. The van der Waals surface area contributed by atoms with Gasteiger partial charge in [0.25, 0.3) is 0 Å². The van der Waals surface area contributed by atoms with E-state index in [9.17, 15) is 0 Å². The summed E-state index contributed by atoms with van der Waals surface area (Å²) in [4.78, 5) is 32.5. The Labute approximate surface area is 335 Å². The minimum atomic E-state index is -3.13. The van der Waals surface area contributed by atoms with Crippen molar-refractivity contribution < 1.29 is 14.3 Å². The van der Waals surface area contributed by atoms with Crippen LogP contribution in [0.15, 0.2) is 182 Å². The number of carbonyl (C=O) groups is 2. The van der Waals surface area contributed by atoms with E-state index in [4.69, 9.17) is 11.2 Å². The zero-order valence-corrected chi connectivity index (χ0v) is 33.5. The average molecular weight is 773 g/mol. The lowest BCUT2D eigenvalue weighted by atomic mass is 9.76. The van der Waals surface area contributed by atoms with Crippen molar-refractivity contribution in [1.82, 2.24) is 10.2 Å². The van der Waals surface area contributed by atoms with Crippen molar-refractivity contribution in [3.63, 3.8) is 0 Å². The average Bonchev–Trinajstić information content (AvgIpc) is 3.24. The zero-order valence-electron chi connectivity index (χ0n) is 31.8. The molecule has 1 N–H and O–H groups in total. The molecule has 1 amide bonds. The minimum absolute atomic E-state index is 0.236. The quantitative estimate of drug-likeness (QED) is 0.0451. The molecule has 0 aliphatic carbocycles. The molecule has 5 nitrogen and oxygen atoms in total. The second-order valence-electron chi connectivity index (χ2n) is 14.6. The summed E-state index contributed by atoms with van der Waals surface area (Å²) >= 11 is 1.47. The van der Waals surface area contributed by atoms with Gasteiger partial charge < -0.3 is 4.74 Å². The van der Waals surface area contributed by atoms with Gasteiger partial charge in [-0.25, -0.2) is 4.79 Å². The molecule has 0 saturated carbocycles. The first-order chi connectivity index (χ1) is 27.2. The van der Waals surface area contributed by atoms with Gasteiger partial charge >= 0.3 is 5.97 Å². The fourth-order valence-corrected chi connectivity index (χ4v) is 13.1. The van der Waals surface area contributed by atoms with Gasteiger partial charge in [-0.1, -0.05) is 188 Å². The molecule has 1 aliphatic heterocycles. The maximum Gasteiger partial charge on any atom is 0.356 e. The van der Waals surface area contributed by atoms with E-state index < -0.39 is 35.4 Å². The summed E-state index contributed by atoms with van der Waals surface area (Å²) in [6.07, 6.45) is 5.97. The van der Waals surface area contributed by atoms with Crippen LogP contribution in [-0.2, 0) is 19.9 Å². The highest BCUT2D eigenvalue weighted by molar-refractivity contribution is 8.00. The number of likely N-dealkylation sites (tertiary alicyclic amines) is 1. The molecule has 0 aromatic heterocycles. The molecule has 1 heterocycles. The summed E-state index contributed by atoms with van der Waals surface area (Å²) < 4.78 is 6.36. The van der Waals surface area contributed by atoms with Gasteiger partial charge in [-0.3, -0.25) is 15.0 Å². The highest BCUT2D eigenvalue weighted by Gasteiger charge is 2.57. The van der Waals surface area contributed by atoms with E-state index in [1.165, 1.54) is 11.8 Å². The summed E-state index contributed by atoms with van der Waals surface area (Å²) in [7, 11) is 0. The molecule has 56 heavy (non-hydrogen) atoms. The minimum Gasteiger partial charge on any atom is -0.455 e. The number of hydrogen-bond donors (Lipinski definition) is 1. The molecule has 1 saturated heterocycles. The van der Waals surface area contributed by atoms with Crippen molar-refractivity contribution in [2.45, 2.75) is 43.3 Å². The van der Waals surface area contributed by atoms with Crippen molar-refractivity contribution in [3.05, 3.63) is 199 Å². The maximum absolute atomic E-state index is 15.5. The summed E-state index contributed by atoms with van der Waals surface area (Å²) in [5.74, 6) is 2.34. The number of terminal acetylenes is 1. The Morgan fingerprint density at radius 2 is 1.02 bits per heavy atom. The van der Waals surface area contributed by atoms with Crippen LogP contribution in [0.2, 0.25) is 0 Å². The number of nitrogens with zero attached hydrogens (tertiary/aromatic N) is 1. The van der Waals surface area contributed by atoms with Crippen LogP contribution < -0.4 is 21.2 Å². The van der Waals surface area contributed by atoms with Crippen LogP contribution in [0.3, 0.4) is 0 Å². The second-order valence-corrected chi connectivity index (χ2v) is 19.0. The molecule has 6 aromatic rings. The molecule has 0 spiro atoms. The normalized spacial score (nSPS) is 15.7.